The van der Waals surface area contributed by atoms with Crippen molar-refractivity contribution in [2.75, 3.05) is 5.75 Å². The minimum Gasteiger partial charge on any atom is -0.334 e. The highest BCUT2D eigenvalue weighted by atomic mass is 32.2. The molecule has 1 aromatic carbocycles. The maximum absolute atomic E-state index is 13.4. The summed E-state index contributed by atoms with van der Waals surface area (Å²) < 4.78 is 13.4. The van der Waals surface area contributed by atoms with Crippen LogP contribution in [0.2, 0.25) is 0 Å². The van der Waals surface area contributed by atoms with Gasteiger partial charge in [-0.1, -0.05) is 6.07 Å². The van der Waals surface area contributed by atoms with Gasteiger partial charge in [-0.15, -0.1) is 11.8 Å². The van der Waals surface area contributed by atoms with Crippen molar-refractivity contribution >= 4 is 17.8 Å². The molecule has 0 saturated heterocycles. The summed E-state index contributed by atoms with van der Waals surface area (Å²) in [6, 6.07) is 8.06. The molecule has 0 aliphatic carbocycles. The number of aromatic nitrogens is 1. The molecular formula is C16H16FN3OS. The van der Waals surface area contributed by atoms with Crippen LogP contribution in [0.15, 0.2) is 47.6 Å². The number of carbonyl (C=O) groups excluding carboxylic acids is 1. The first-order valence-electron chi connectivity index (χ1n) is 7.08. The highest BCUT2D eigenvalue weighted by Gasteiger charge is 2.22. The van der Waals surface area contributed by atoms with Gasteiger partial charge in [-0.3, -0.25) is 4.98 Å². The third kappa shape index (κ3) is 3.57. The average Bonchev–Trinajstić information content (AvgIpc) is 2.54. The molecule has 1 aromatic heterocycles. The summed E-state index contributed by atoms with van der Waals surface area (Å²) >= 11 is 1.69. The van der Waals surface area contributed by atoms with Crippen LogP contribution < -0.4 is 10.6 Å². The van der Waals surface area contributed by atoms with E-state index in [1.165, 1.54) is 12.1 Å². The van der Waals surface area contributed by atoms with Gasteiger partial charge in [-0.2, -0.15) is 0 Å². The van der Waals surface area contributed by atoms with Crippen LogP contribution in [0.3, 0.4) is 0 Å². The first-order valence-corrected chi connectivity index (χ1v) is 8.06. The molecular weight excluding hydrogens is 301 g/mol. The zero-order valence-corrected chi connectivity index (χ0v) is 12.7. The number of nitrogens with one attached hydrogen (secondary N) is 2. The number of rotatable bonds is 3. The number of pyridine rings is 1. The predicted molar refractivity (Wildman–Crippen MR) is 84.1 cm³/mol. The monoisotopic (exact) mass is 317 g/mol. The topological polar surface area (TPSA) is 54.0 Å². The van der Waals surface area contributed by atoms with Gasteiger partial charge in [-0.25, -0.2) is 9.18 Å². The van der Waals surface area contributed by atoms with Crippen molar-refractivity contribution in [2.24, 2.45) is 0 Å². The summed E-state index contributed by atoms with van der Waals surface area (Å²) in [6.07, 6.45) is 4.19. The fourth-order valence-corrected chi connectivity index (χ4v) is 3.52. The Bertz CT molecular complexity index is 666. The molecule has 0 fully saturated rings. The Kier molecular flexibility index (Phi) is 4.58. The lowest BCUT2D eigenvalue weighted by molar-refractivity contribution is 0.236. The minimum atomic E-state index is -0.274. The minimum absolute atomic E-state index is 0.152. The molecule has 0 radical (unpaired) electrons. The third-order valence-corrected chi connectivity index (χ3v) is 4.62. The maximum atomic E-state index is 13.4. The molecule has 0 bridgehead atoms. The fraction of sp³-hybridized carbons (Fsp3) is 0.250. The van der Waals surface area contributed by atoms with Gasteiger partial charge in [0.25, 0.3) is 0 Å². The number of nitrogens with zero attached hydrogens (tertiary/aromatic N) is 1. The van der Waals surface area contributed by atoms with Crippen LogP contribution in [-0.4, -0.2) is 16.8 Å². The van der Waals surface area contributed by atoms with Crippen molar-refractivity contribution in [2.45, 2.75) is 23.9 Å². The van der Waals surface area contributed by atoms with Crippen LogP contribution >= 0.6 is 11.8 Å². The smallest absolute Gasteiger partial charge is 0.315 e. The van der Waals surface area contributed by atoms with E-state index < -0.39 is 0 Å². The van der Waals surface area contributed by atoms with Crippen LogP contribution in [0, 0.1) is 5.82 Å². The number of halogens is 1. The Balaban J connectivity index is 1.62. The predicted octanol–water partition coefficient (Wildman–Crippen LogP) is 3.26. The fourth-order valence-electron chi connectivity index (χ4n) is 2.41. The van der Waals surface area contributed by atoms with Crippen molar-refractivity contribution in [1.82, 2.24) is 15.6 Å². The number of urea groups is 1. The van der Waals surface area contributed by atoms with E-state index in [4.69, 9.17) is 0 Å². The van der Waals surface area contributed by atoms with Crippen LogP contribution in [0.1, 0.15) is 23.6 Å². The normalized spacial score (nSPS) is 16.7. The number of thioether (sulfide) groups is 1. The Morgan fingerprint density at radius 2 is 2.32 bits per heavy atom. The second kappa shape index (κ2) is 6.79. The largest absolute Gasteiger partial charge is 0.334 e. The number of benzene rings is 1. The molecule has 114 valence electrons. The number of carbonyl (C=O) groups is 1. The van der Waals surface area contributed by atoms with Gasteiger partial charge < -0.3 is 10.6 Å². The Morgan fingerprint density at radius 3 is 3.14 bits per heavy atom. The van der Waals surface area contributed by atoms with Crippen LogP contribution in [-0.2, 0) is 6.54 Å². The molecule has 22 heavy (non-hydrogen) atoms. The van der Waals surface area contributed by atoms with Gasteiger partial charge in [-0.05, 0) is 41.8 Å². The summed E-state index contributed by atoms with van der Waals surface area (Å²) in [6.45, 7) is 0.414. The van der Waals surface area contributed by atoms with Gasteiger partial charge in [0.05, 0.1) is 6.04 Å². The number of amides is 2. The van der Waals surface area contributed by atoms with E-state index >= 15 is 0 Å². The lowest BCUT2D eigenvalue weighted by atomic mass is 10.0. The molecule has 1 unspecified atom stereocenters. The summed E-state index contributed by atoms with van der Waals surface area (Å²) in [5.74, 6) is 0.635. The van der Waals surface area contributed by atoms with Crippen LogP contribution in [0.4, 0.5) is 9.18 Å². The van der Waals surface area contributed by atoms with E-state index in [2.05, 4.69) is 15.6 Å². The second-order valence-electron chi connectivity index (χ2n) is 5.06. The molecule has 2 N–H and O–H groups in total. The maximum Gasteiger partial charge on any atom is 0.315 e. The first-order chi connectivity index (χ1) is 10.7. The summed E-state index contributed by atoms with van der Waals surface area (Å²) in [7, 11) is 0. The van der Waals surface area contributed by atoms with Crippen molar-refractivity contribution in [3.8, 4) is 0 Å². The van der Waals surface area contributed by atoms with E-state index in [-0.39, 0.29) is 17.9 Å². The lowest BCUT2D eigenvalue weighted by Gasteiger charge is -2.26. The second-order valence-corrected chi connectivity index (χ2v) is 6.20. The zero-order chi connectivity index (χ0) is 15.4. The molecule has 0 spiro atoms. The van der Waals surface area contributed by atoms with E-state index in [1.807, 2.05) is 12.1 Å². The molecule has 3 rings (SSSR count). The van der Waals surface area contributed by atoms with E-state index in [1.54, 1.807) is 30.2 Å². The van der Waals surface area contributed by atoms with Crippen molar-refractivity contribution < 1.29 is 9.18 Å². The zero-order valence-electron chi connectivity index (χ0n) is 11.9. The van der Waals surface area contributed by atoms with Crippen molar-refractivity contribution in [3.63, 3.8) is 0 Å². The lowest BCUT2D eigenvalue weighted by Crippen LogP contribution is -2.38. The van der Waals surface area contributed by atoms with Gasteiger partial charge in [0.15, 0.2) is 0 Å². The highest BCUT2D eigenvalue weighted by Crippen LogP contribution is 2.36. The molecule has 6 heteroatoms. The van der Waals surface area contributed by atoms with Crippen molar-refractivity contribution in [1.29, 1.82) is 0 Å². The third-order valence-electron chi connectivity index (χ3n) is 3.49. The van der Waals surface area contributed by atoms with Crippen molar-refractivity contribution in [3.05, 3.63) is 59.7 Å². The number of hydrogen-bond acceptors (Lipinski definition) is 3. The van der Waals surface area contributed by atoms with Gasteiger partial charge in [0.1, 0.15) is 5.82 Å². The molecule has 0 saturated carbocycles. The molecule has 4 nitrogen and oxygen atoms in total. The average molecular weight is 317 g/mol. The van der Waals surface area contributed by atoms with E-state index in [0.717, 1.165) is 28.2 Å². The Morgan fingerprint density at radius 1 is 1.41 bits per heavy atom. The Hall–Kier alpha value is -2.08. The molecule has 1 aliphatic heterocycles. The van der Waals surface area contributed by atoms with Gasteiger partial charge in [0.2, 0.25) is 0 Å². The number of fused-ring (bicyclic) bond motifs is 1. The first kappa shape index (κ1) is 14.8. The Labute approximate surface area is 132 Å². The van der Waals surface area contributed by atoms with Crippen LogP contribution in [0.5, 0.6) is 0 Å². The molecule has 2 heterocycles. The summed E-state index contributed by atoms with van der Waals surface area (Å²) in [5, 5.41) is 5.72. The number of hydrogen-bond donors (Lipinski definition) is 2. The van der Waals surface area contributed by atoms with Crippen LogP contribution in [0.25, 0.3) is 0 Å². The quantitative estimate of drug-likeness (QED) is 0.913. The highest BCUT2D eigenvalue weighted by molar-refractivity contribution is 7.99. The molecule has 1 aliphatic rings. The SMILES string of the molecule is O=C(NCc1cccnc1)NC1CCSc2ccc(F)cc21. The van der Waals surface area contributed by atoms with Gasteiger partial charge in [0, 0.05) is 29.6 Å². The molecule has 2 amide bonds. The van der Waals surface area contributed by atoms with Gasteiger partial charge >= 0.3 is 6.03 Å². The standard InChI is InChI=1S/C16H16FN3OS/c17-12-3-4-15-13(8-12)14(5-7-22-15)20-16(21)19-10-11-2-1-6-18-9-11/h1-4,6,8-9,14H,5,7,10H2,(H2,19,20,21). The summed E-state index contributed by atoms with van der Waals surface area (Å²) in [4.78, 5) is 17.1. The molecule has 1 atom stereocenters. The van der Waals surface area contributed by atoms with E-state index in [9.17, 15) is 9.18 Å². The molecule has 2 aromatic rings. The summed E-state index contributed by atoms with van der Waals surface area (Å²) in [5.41, 5.74) is 1.79. The van der Waals surface area contributed by atoms with E-state index in [0.29, 0.717) is 6.54 Å².